The molecule has 1 aliphatic carbocycles. The van der Waals surface area contributed by atoms with E-state index in [9.17, 15) is 4.79 Å². The lowest BCUT2D eigenvalue weighted by Gasteiger charge is -2.13. The molecule has 1 aliphatic rings. The molecule has 0 saturated carbocycles. The summed E-state index contributed by atoms with van der Waals surface area (Å²) in [5, 5.41) is 3.00. The van der Waals surface area contributed by atoms with Crippen LogP contribution in [-0.2, 0) is 11.2 Å². The van der Waals surface area contributed by atoms with Crippen LogP contribution < -0.4 is 10.1 Å². The zero-order valence-electron chi connectivity index (χ0n) is 11.9. The molecule has 1 aromatic rings. The molecule has 3 nitrogen and oxygen atoms in total. The van der Waals surface area contributed by atoms with Crippen LogP contribution in [0.25, 0.3) is 0 Å². The van der Waals surface area contributed by atoms with Gasteiger partial charge in [-0.05, 0) is 54.9 Å². The molecular formula is C16H23NO2. The molecule has 0 aliphatic heterocycles. The summed E-state index contributed by atoms with van der Waals surface area (Å²) in [4.78, 5) is 11.4. The first-order valence-corrected chi connectivity index (χ1v) is 7.18. The second kappa shape index (κ2) is 6.60. The molecule has 3 heteroatoms. The van der Waals surface area contributed by atoms with Gasteiger partial charge in [-0.3, -0.25) is 4.79 Å². The van der Waals surface area contributed by atoms with Crippen molar-refractivity contribution in [1.29, 1.82) is 0 Å². The molecule has 2 rings (SSSR count). The number of carbonyl (C=O) groups is 1. The Balaban J connectivity index is 1.89. The van der Waals surface area contributed by atoms with Gasteiger partial charge < -0.3 is 10.1 Å². The first-order chi connectivity index (χ1) is 9.24. The summed E-state index contributed by atoms with van der Waals surface area (Å²) in [5.74, 6) is 1.67. The summed E-state index contributed by atoms with van der Waals surface area (Å²) in [6, 6.07) is 6.36. The number of methoxy groups -OCH3 is 1. The van der Waals surface area contributed by atoms with Crippen LogP contribution in [0.2, 0.25) is 0 Å². The summed E-state index contributed by atoms with van der Waals surface area (Å²) in [5.41, 5.74) is 2.84. The van der Waals surface area contributed by atoms with E-state index in [0.29, 0.717) is 12.3 Å². The van der Waals surface area contributed by atoms with Crippen molar-refractivity contribution in [3.63, 3.8) is 0 Å². The van der Waals surface area contributed by atoms with Crippen LogP contribution in [0.15, 0.2) is 18.2 Å². The average molecular weight is 261 g/mol. The number of amides is 1. The third-order valence-electron chi connectivity index (χ3n) is 3.85. The fraction of sp³-hybridized carbons (Fsp3) is 0.562. The molecular weight excluding hydrogens is 238 g/mol. The quantitative estimate of drug-likeness (QED) is 0.854. The molecule has 0 spiro atoms. The molecule has 19 heavy (non-hydrogen) atoms. The van der Waals surface area contributed by atoms with Crippen LogP contribution in [0.5, 0.6) is 5.75 Å². The van der Waals surface area contributed by atoms with Crippen molar-refractivity contribution in [2.45, 2.75) is 44.9 Å². The summed E-state index contributed by atoms with van der Waals surface area (Å²) >= 11 is 0. The third kappa shape index (κ3) is 3.49. The van der Waals surface area contributed by atoms with E-state index < -0.39 is 0 Å². The van der Waals surface area contributed by atoms with Crippen LogP contribution in [-0.4, -0.2) is 19.6 Å². The van der Waals surface area contributed by atoms with E-state index in [1.807, 2.05) is 13.0 Å². The van der Waals surface area contributed by atoms with Gasteiger partial charge in [0.05, 0.1) is 7.11 Å². The van der Waals surface area contributed by atoms with Crippen molar-refractivity contribution < 1.29 is 9.53 Å². The summed E-state index contributed by atoms with van der Waals surface area (Å²) < 4.78 is 5.29. The number of aryl methyl sites for hydroxylation is 1. The summed E-state index contributed by atoms with van der Waals surface area (Å²) in [6.07, 6.45) is 4.90. The highest BCUT2D eigenvalue weighted by atomic mass is 16.5. The predicted molar refractivity (Wildman–Crippen MR) is 76.6 cm³/mol. The zero-order chi connectivity index (χ0) is 13.7. The number of ether oxygens (including phenoxy) is 1. The maximum atomic E-state index is 11.4. The Bertz CT molecular complexity index is 442. The van der Waals surface area contributed by atoms with E-state index in [0.717, 1.165) is 31.6 Å². The van der Waals surface area contributed by atoms with Crippen molar-refractivity contribution in [2.24, 2.45) is 0 Å². The normalized spacial score (nSPS) is 17.1. The second-order valence-corrected chi connectivity index (χ2v) is 5.19. The molecule has 104 valence electrons. The van der Waals surface area contributed by atoms with Gasteiger partial charge in [-0.25, -0.2) is 0 Å². The van der Waals surface area contributed by atoms with Crippen LogP contribution in [0.1, 0.15) is 49.7 Å². The van der Waals surface area contributed by atoms with Gasteiger partial charge >= 0.3 is 0 Å². The van der Waals surface area contributed by atoms with Crippen molar-refractivity contribution in [1.82, 2.24) is 5.32 Å². The summed E-state index contributed by atoms with van der Waals surface area (Å²) in [7, 11) is 1.71. The number of hydrogen-bond donors (Lipinski definition) is 1. The van der Waals surface area contributed by atoms with E-state index in [4.69, 9.17) is 4.74 Å². The van der Waals surface area contributed by atoms with Gasteiger partial charge in [-0.1, -0.05) is 13.0 Å². The van der Waals surface area contributed by atoms with E-state index in [1.165, 1.54) is 17.5 Å². The smallest absolute Gasteiger partial charge is 0.219 e. The van der Waals surface area contributed by atoms with E-state index in [-0.39, 0.29) is 5.91 Å². The molecule has 1 N–H and O–H groups in total. The topological polar surface area (TPSA) is 38.3 Å². The van der Waals surface area contributed by atoms with Gasteiger partial charge in [0.15, 0.2) is 0 Å². The molecule has 0 heterocycles. The number of hydrogen-bond acceptors (Lipinski definition) is 2. The Hall–Kier alpha value is -1.51. The van der Waals surface area contributed by atoms with Crippen molar-refractivity contribution in [2.75, 3.05) is 13.7 Å². The molecule has 0 saturated heterocycles. The SMILES string of the molecule is CCCC(=O)NCC[C@@H]1CCc2ccc(OC)cc21. The van der Waals surface area contributed by atoms with Crippen LogP contribution in [0.3, 0.4) is 0 Å². The van der Waals surface area contributed by atoms with Crippen molar-refractivity contribution >= 4 is 5.91 Å². The first kappa shape index (κ1) is 13.9. The minimum atomic E-state index is 0.173. The number of nitrogens with one attached hydrogen (secondary N) is 1. The molecule has 1 aromatic carbocycles. The molecule has 0 radical (unpaired) electrons. The lowest BCUT2D eigenvalue weighted by atomic mass is 9.97. The Morgan fingerprint density at radius 1 is 1.47 bits per heavy atom. The van der Waals surface area contributed by atoms with Gasteiger partial charge in [0.2, 0.25) is 5.91 Å². The van der Waals surface area contributed by atoms with Gasteiger partial charge in [0.25, 0.3) is 0 Å². The second-order valence-electron chi connectivity index (χ2n) is 5.19. The fourth-order valence-electron chi connectivity index (χ4n) is 2.79. The van der Waals surface area contributed by atoms with Gasteiger partial charge in [-0.15, -0.1) is 0 Å². The highest BCUT2D eigenvalue weighted by Gasteiger charge is 2.22. The van der Waals surface area contributed by atoms with E-state index in [1.54, 1.807) is 7.11 Å². The van der Waals surface area contributed by atoms with E-state index in [2.05, 4.69) is 17.4 Å². The predicted octanol–water partition coefficient (Wildman–Crippen LogP) is 3.03. The molecule has 0 fully saturated rings. The van der Waals surface area contributed by atoms with Crippen LogP contribution in [0.4, 0.5) is 0 Å². The number of rotatable bonds is 6. The van der Waals surface area contributed by atoms with Gasteiger partial charge in [-0.2, -0.15) is 0 Å². The Morgan fingerprint density at radius 3 is 3.05 bits per heavy atom. The van der Waals surface area contributed by atoms with Gasteiger partial charge in [0.1, 0.15) is 5.75 Å². The zero-order valence-corrected chi connectivity index (χ0v) is 11.9. The molecule has 1 atom stereocenters. The Morgan fingerprint density at radius 2 is 2.32 bits per heavy atom. The fourth-order valence-corrected chi connectivity index (χ4v) is 2.79. The van der Waals surface area contributed by atoms with Crippen LogP contribution in [0, 0.1) is 0 Å². The molecule has 0 aromatic heterocycles. The lowest BCUT2D eigenvalue weighted by molar-refractivity contribution is -0.121. The monoisotopic (exact) mass is 261 g/mol. The minimum Gasteiger partial charge on any atom is -0.497 e. The molecule has 1 amide bonds. The number of carbonyl (C=O) groups excluding carboxylic acids is 1. The molecule has 0 bridgehead atoms. The standard InChI is InChI=1S/C16H23NO2/c1-3-4-16(18)17-10-9-13-6-5-12-7-8-14(19-2)11-15(12)13/h7-8,11,13H,3-6,9-10H2,1-2H3,(H,17,18)/t13-/m0/s1. The first-order valence-electron chi connectivity index (χ1n) is 7.18. The van der Waals surface area contributed by atoms with Gasteiger partial charge in [0, 0.05) is 13.0 Å². The van der Waals surface area contributed by atoms with E-state index >= 15 is 0 Å². The van der Waals surface area contributed by atoms with Crippen molar-refractivity contribution in [3.8, 4) is 5.75 Å². The highest BCUT2D eigenvalue weighted by Crippen LogP contribution is 2.37. The number of fused-ring (bicyclic) bond motifs is 1. The highest BCUT2D eigenvalue weighted by molar-refractivity contribution is 5.75. The maximum Gasteiger partial charge on any atom is 0.219 e. The largest absolute Gasteiger partial charge is 0.497 e. The van der Waals surface area contributed by atoms with Crippen molar-refractivity contribution in [3.05, 3.63) is 29.3 Å². The summed E-state index contributed by atoms with van der Waals surface area (Å²) in [6.45, 7) is 2.80. The molecule has 0 unspecified atom stereocenters. The number of benzene rings is 1. The Labute approximate surface area is 115 Å². The minimum absolute atomic E-state index is 0.173. The Kier molecular flexibility index (Phi) is 4.83. The average Bonchev–Trinajstić information content (AvgIpc) is 2.81. The lowest BCUT2D eigenvalue weighted by Crippen LogP contribution is -2.24. The third-order valence-corrected chi connectivity index (χ3v) is 3.85. The maximum absolute atomic E-state index is 11.4. The van der Waals surface area contributed by atoms with Crippen LogP contribution >= 0.6 is 0 Å².